The minimum absolute atomic E-state index is 0.679. The summed E-state index contributed by atoms with van der Waals surface area (Å²) in [5.74, 6) is 0. The van der Waals surface area contributed by atoms with Crippen LogP contribution in [0.1, 0.15) is 11.7 Å². The van der Waals surface area contributed by atoms with Crippen LogP contribution in [0.15, 0.2) is 40.6 Å². The number of azide groups is 1. The topological polar surface area (TPSA) is 97.5 Å². The molecular weight excluding hydrogens is 168 g/mol. The van der Waals surface area contributed by atoms with E-state index in [1.807, 2.05) is 6.07 Å². The molecule has 0 N–H and O–H groups in total. The van der Waals surface area contributed by atoms with E-state index in [0.29, 0.717) is 5.56 Å². The Kier molecular flexibility index (Phi) is 3.20. The summed E-state index contributed by atoms with van der Waals surface area (Å²) in [6.07, 6.45) is -0.795. The Labute approximate surface area is 74.1 Å². The van der Waals surface area contributed by atoms with E-state index in [1.54, 1.807) is 24.3 Å². The molecule has 6 heteroatoms. The standard InChI is InChI=1S/C7H6N6/c8-12-10-7(11-13-9)6-4-2-1-3-5-6/h1-5,7H. The van der Waals surface area contributed by atoms with E-state index in [4.69, 9.17) is 11.1 Å². The molecule has 1 aromatic carbocycles. The summed E-state index contributed by atoms with van der Waals surface area (Å²) in [5.41, 5.74) is 17.1. The summed E-state index contributed by atoms with van der Waals surface area (Å²) < 4.78 is 0. The molecule has 0 amide bonds. The van der Waals surface area contributed by atoms with Gasteiger partial charge in [-0.2, -0.15) is 0 Å². The number of hydrogen-bond donors (Lipinski definition) is 0. The zero-order valence-electron chi connectivity index (χ0n) is 6.65. The van der Waals surface area contributed by atoms with Crippen LogP contribution in [0.4, 0.5) is 0 Å². The Hall–Kier alpha value is -2.16. The number of benzene rings is 1. The maximum Gasteiger partial charge on any atom is 0.141 e. The monoisotopic (exact) mass is 174 g/mol. The van der Waals surface area contributed by atoms with Gasteiger partial charge in [-0.25, -0.2) is 0 Å². The van der Waals surface area contributed by atoms with Gasteiger partial charge in [-0.15, -0.1) is 0 Å². The third kappa shape index (κ3) is 2.41. The first-order valence-corrected chi connectivity index (χ1v) is 3.52. The lowest BCUT2D eigenvalue weighted by Crippen LogP contribution is -1.87. The van der Waals surface area contributed by atoms with Gasteiger partial charge in [-0.3, -0.25) is 0 Å². The zero-order chi connectivity index (χ0) is 9.52. The molecule has 0 fully saturated rings. The molecule has 0 aliphatic heterocycles. The third-order valence-corrected chi connectivity index (χ3v) is 1.42. The molecule has 0 aliphatic rings. The van der Waals surface area contributed by atoms with Crippen molar-refractivity contribution < 1.29 is 0 Å². The quantitative estimate of drug-likeness (QED) is 0.381. The lowest BCUT2D eigenvalue weighted by Gasteiger charge is -2.02. The van der Waals surface area contributed by atoms with Crippen LogP contribution in [-0.2, 0) is 0 Å². The van der Waals surface area contributed by atoms with Crippen LogP contribution in [-0.4, -0.2) is 0 Å². The molecule has 0 saturated heterocycles. The van der Waals surface area contributed by atoms with Gasteiger partial charge in [0, 0.05) is 9.82 Å². The molecule has 1 aromatic rings. The molecule has 0 bridgehead atoms. The maximum atomic E-state index is 8.20. The lowest BCUT2D eigenvalue weighted by molar-refractivity contribution is 0.757. The van der Waals surface area contributed by atoms with Crippen molar-refractivity contribution in [3.8, 4) is 0 Å². The van der Waals surface area contributed by atoms with Gasteiger partial charge >= 0.3 is 0 Å². The van der Waals surface area contributed by atoms with Crippen LogP contribution in [0.3, 0.4) is 0 Å². The first kappa shape index (κ1) is 8.93. The van der Waals surface area contributed by atoms with E-state index in [0.717, 1.165) is 0 Å². The third-order valence-electron chi connectivity index (χ3n) is 1.42. The van der Waals surface area contributed by atoms with E-state index in [-0.39, 0.29) is 0 Å². The van der Waals surface area contributed by atoms with Crippen LogP contribution in [0.5, 0.6) is 0 Å². The van der Waals surface area contributed by atoms with Crippen molar-refractivity contribution in [2.75, 3.05) is 0 Å². The van der Waals surface area contributed by atoms with Crippen molar-refractivity contribution in [2.24, 2.45) is 10.2 Å². The highest BCUT2D eigenvalue weighted by Crippen LogP contribution is 2.18. The minimum Gasteiger partial charge on any atom is -0.0798 e. The molecule has 64 valence electrons. The fraction of sp³-hybridized carbons (Fsp3) is 0.143. The van der Waals surface area contributed by atoms with Crippen molar-refractivity contribution in [3.63, 3.8) is 0 Å². The second-order valence-electron chi connectivity index (χ2n) is 2.19. The summed E-state index contributed by atoms with van der Waals surface area (Å²) in [6, 6.07) is 8.85. The fourth-order valence-electron chi connectivity index (χ4n) is 0.879. The summed E-state index contributed by atoms with van der Waals surface area (Å²) in [4.78, 5) is 5.18. The largest absolute Gasteiger partial charge is 0.141 e. The van der Waals surface area contributed by atoms with Crippen LogP contribution in [0, 0.1) is 0 Å². The average Bonchev–Trinajstić information content (AvgIpc) is 2.19. The van der Waals surface area contributed by atoms with E-state index in [2.05, 4.69) is 20.1 Å². The second-order valence-corrected chi connectivity index (χ2v) is 2.19. The molecular formula is C7H6N6. The molecule has 6 nitrogen and oxygen atoms in total. The van der Waals surface area contributed by atoms with E-state index in [1.165, 1.54) is 0 Å². The highest BCUT2D eigenvalue weighted by molar-refractivity contribution is 5.18. The van der Waals surface area contributed by atoms with Gasteiger partial charge in [0.05, 0.1) is 0 Å². The molecule has 0 radical (unpaired) electrons. The number of nitrogens with zero attached hydrogens (tertiary/aromatic N) is 6. The molecule has 0 aliphatic carbocycles. The van der Waals surface area contributed by atoms with Crippen LogP contribution in [0.2, 0.25) is 0 Å². The second kappa shape index (κ2) is 4.66. The van der Waals surface area contributed by atoms with Gasteiger partial charge in [0.15, 0.2) is 0 Å². The Morgan fingerprint density at radius 1 is 1.00 bits per heavy atom. The molecule has 0 saturated carbocycles. The SMILES string of the molecule is [N-]=[N+]=NC(N=[N+]=[N-])c1ccccc1. The van der Waals surface area contributed by atoms with Crippen molar-refractivity contribution in [3.05, 3.63) is 56.8 Å². The average molecular weight is 174 g/mol. The van der Waals surface area contributed by atoms with Crippen molar-refractivity contribution in [1.29, 1.82) is 0 Å². The molecule has 0 atom stereocenters. The Morgan fingerprint density at radius 2 is 1.54 bits per heavy atom. The summed E-state index contributed by atoms with van der Waals surface area (Å²) in [6.45, 7) is 0. The van der Waals surface area contributed by atoms with Gasteiger partial charge < -0.3 is 0 Å². The predicted octanol–water partition coefficient (Wildman–Crippen LogP) is 3.31. The molecule has 1 rings (SSSR count). The highest BCUT2D eigenvalue weighted by Gasteiger charge is 2.04. The molecule has 0 aromatic heterocycles. The van der Waals surface area contributed by atoms with E-state index in [9.17, 15) is 0 Å². The van der Waals surface area contributed by atoms with Crippen LogP contribution in [0.25, 0.3) is 20.9 Å². The Morgan fingerprint density at radius 3 is 2.00 bits per heavy atom. The zero-order valence-corrected chi connectivity index (χ0v) is 6.65. The lowest BCUT2D eigenvalue weighted by atomic mass is 10.2. The molecule has 13 heavy (non-hydrogen) atoms. The van der Waals surface area contributed by atoms with Crippen molar-refractivity contribution >= 4 is 0 Å². The Balaban J connectivity index is 3.01. The molecule has 0 spiro atoms. The van der Waals surface area contributed by atoms with Gasteiger partial charge in [0.2, 0.25) is 0 Å². The smallest absolute Gasteiger partial charge is 0.0798 e. The summed E-state index contributed by atoms with van der Waals surface area (Å²) in [7, 11) is 0. The predicted molar refractivity (Wildman–Crippen MR) is 47.5 cm³/mol. The van der Waals surface area contributed by atoms with Crippen LogP contribution < -0.4 is 0 Å². The van der Waals surface area contributed by atoms with Crippen molar-refractivity contribution in [1.82, 2.24) is 0 Å². The molecule has 0 heterocycles. The fourth-order valence-corrected chi connectivity index (χ4v) is 0.879. The first-order chi connectivity index (χ1) is 6.38. The summed E-state index contributed by atoms with van der Waals surface area (Å²) >= 11 is 0. The summed E-state index contributed by atoms with van der Waals surface area (Å²) in [5, 5.41) is 6.69. The highest BCUT2D eigenvalue weighted by atomic mass is 15.3. The minimum atomic E-state index is -0.795. The van der Waals surface area contributed by atoms with Gasteiger partial charge in [0.1, 0.15) is 6.17 Å². The van der Waals surface area contributed by atoms with Crippen molar-refractivity contribution in [2.45, 2.75) is 6.17 Å². The Bertz CT molecular complexity index is 342. The van der Waals surface area contributed by atoms with Crippen LogP contribution >= 0.6 is 0 Å². The van der Waals surface area contributed by atoms with Gasteiger partial charge in [-0.1, -0.05) is 40.6 Å². The van der Waals surface area contributed by atoms with E-state index >= 15 is 0 Å². The maximum absolute atomic E-state index is 8.20. The first-order valence-electron chi connectivity index (χ1n) is 3.52. The number of rotatable bonds is 3. The molecule has 0 unspecified atom stereocenters. The van der Waals surface area contributed by atoms with Gasteiger partial charge in [-0.05, 0) is 16.6 Å². The number of hydrogen-bond acceptors (Lipinski definition) is 2. The normalized spacial score (nSPS) is 10.8. The van der Waals surface area contributed by atoms with Gasteiger partial charge in [0.25, 0.3) is 0 Å². The van der Waals surface area contributed by atoms with E-state index < -0.39 is 6.17 Å².